The van der Waals surface area contributed by atoms with Crippen molar-refractivity contribution < 1.29 is 4.74 Å². The zero-order chi connectivity index (χ0) is 29.7. The molecule has 2 heterocycles. The summed E-state index contributed by atoms with van der Waals surface area (Å²) in [5.41, 5.74) is 7.36. The summed E-state index contributed by atoms with van der Waals surface area (Å²) in [7, 11) is 0. The van der Waals surface area contributed by atoms with Crippen molar-refractivity contribution in [1.29, 1.82) is 0 Å². The molecule has 0 saturated heterocycles. The zero-order valence-electron chi connectivity index (χ0n) is 24.2. The Hall–Kier alpha value is -6.13. The van der Waals surface area contributed by atoms with Crippen molar-refractivity contribution in [1.82, 2.24) is 15.0 Å². The molecule has 0 radical (unpaired) electrons. The Balaban J connectivity index is 1.18. The fourth-order valence-corrected chi connectivity index (χ4v) is 6.25. The fraction of sp³-hybridized carbons (Fsp3) is 0. The Morgan fingerprint density at radius 1 is 0.333 bits per heavy atom. The van der Waals surface area contributed by atoms with Gasteiger partial charge in [0.2, 0.25) is 0 Å². The average Bonchev–Trinajstić information content (AvgIpc) is 3.12. The normalized spacial score (nSPS) is 11.7. The molecule has 210 valence electrons. The molecule has 0 saturated carbocycles. The number of ether oxygens (including phenoxy) is 1. The molecule has 4 nitrogen and oxygen atoms in total. The van der Waals surface area contributed by atoms with Crippen LogP contribution < -0.4 is 4.74 Å². The van der Waals surface area contributed by atoms with E-state index in [2.05, 4.69) is 91.0 Å². The largest absolute Gasteiger partial charge is 0.456 e. The topological polar surface area (TPSA) is 47.9 Å². The third kappa shape index (κ3) is 4.43. The third-order valence-corrected chi connectivity index (χ3v) is 8.49. The summed E-state index contributed by atoms with van der Waals surface area (Å²) in [6.07, 6.45) is 0. The summed E-state index contributed by atoms with van der Waals surface area (Å²) in [6, 6.07) is 52.3. The highest BCUT2D eigenvalue weighted by Crippen LogP contribution is 2.47. The van der Waals surface area contributed by atoms with Gasteiger partial charge in [-0.2, -0.15) is 0 Å². The minimum Gasteiger partial charge on any atom is -0.456 e. The minimum absolute atomic E-state index is 0.618. The van der Waals surface area contributed by atoms with Gasteiger partial charge < -0.3 is 4.74 Å². The molecule has 0 bridgehead atoms. The van der Waals surface area contributed by atoms with Gasteiger partial charge in [0.25, 0.3) is 0 Å². The standard InChI is InChI=1S/C41H25N3O/c1-3-9-26(10-4-1)29-17-18-31-24-32(20-19-30(31)23-29)40-42-39(28-11-5-2-6-12-28)43-41(44-40)33-21-22-36-35(25-33)34-15-7-13-27-14-8-16-37(45-36)38(27)34/h1-25H. The van der Waals surface area contributed by atoms with Crippen LogP contribution in [0.1, 0.15) is 0 Å². The highest BCUT2D eigenvalue weighted by molar-refractivity contribution is 6.04. The van der Waals surface area contributed by atoms with E-state index in [1.807, 2.05) is 60.7 Å². The summed E-state index contributed by atoms with van der Waals surface area (Å²) in [5.74, 6) is 3.59. The first-order chi connectivity index (χ1) is 22.3. The van der Waals surface area contributed by atoms with Gasteiger partial charge in [0, 0.05) is 27.6 Å². The molecule has 4 heteroatoms. The number of benzene rings is 7. The number of aromatic nitrogens is 3. The van der Waals surface area contributed by atoms with Crippen LogP contribution in [0.2, 0.25) is 0 Å². The van der Waals surface area contributed by atoms with Crippen LogP contribution >= 0.6 is 0 Å². The van der Waals surface area contributed by atoms with Crippen LogP contribution in [0.3, 0.4) is 0 Å². The Kier molecular flexibility index (Phi) is 5.78. The molecule has 9 rings (SSSR count). The van der Waals surface area contributed by atoms with Gasteiger partial charge in [-0.05, 0) is 69.2 Å². The van der Waals surface area contributed by atoms with Gasteiger partial charge in [0.15, 0.2) is 17.5 Å². The van der Waals surface area contributed by atoms with Crippen molar-refractivity contribution in [3.05, 3.63) is 152 Å². The second-order valence-electron chi connectivity index (χ2n) is 11.3. The predicted octanol–water partition coefficient (Wildman–Crippen LogP) is 10.6. The van der Waals surface area contributed by atoms with E-state index in [9.17, 15) is 0 Å². The van der Waals surface area contributed by atoms with Gasteiger partial charge in [-0.1, -0.05) is 115 Å². The Morgan fingerprint density at radius 3 is 1.64 bits per heavy atom. The van der Waals surface area contributed by atoms with E-state index in [4.69, 9.17) is 19.7 Å². The number of fused-ring (bicyclic) bond motifs is 3. The quantitative estimate of drug-likeness (QED) is 0.209. The molecule has 0 aliphatic carbocycles. The molecular formula is C41H25N3O. The van der Waals surface area contributed by atoms with Crippen molar-refractivity contribution in [3.63, 3.8) is 0 Å². The van der Waals surface area contributed by atoms with Gasteiger partial charge in [-0.3, -0.25) is 0 Å². The molecule has 0 fully saturated rings. The molecular weight excluding hydrogens is 550 g/mol. The zero-order valence-corrected chi connectivity index (χ0v) is 24.2. The Morgan fingerprint density at radius 2 is 0.911 bits per heavy atom. The van der Waals surface area contributed by atoms with E-state index < -0.39 is 0 Å². The molecule has 45 heavy (non-hydrogen) atoms. The second-order valence-corrected chi connectivity index (χ2v) is 11.3. The molecule has 0 spiro atoms. The lowest BCUT2D eigenvalue weighted by atomic mass is 9.93. The predicted molar refractivity (Wildman–Crippen MR) is 182 cm³/mol. The van der Waals surface area contributed by atoms with Crippen molar-refractivity contribution in [2.45, 2.75) is 0 Å². The fourth-order valence-electron chi connectivity index (χ4n) is 6.25. The maximum Gasteiger partial charge on any atom is 0.164 e. The summed E-state index contributed by atoms with van der Waals surface area (Å²) in [6.45, 7) is 0. The van der Waals surface area contributed by atoms with E-state index in [1.165, 1.54) is 16.5 Å². The Bertz CT molecular complexity index is 2400. The monoisotopic (exact) mass is 575 g/mol. The first-order valence-corrected chi connectivity index (χ1v) is 15.0. The van der Waals surface area contributed by atoms with Gasteiger partial charge in [0.1, 0.15) is 11.5 Å². The van der Waals surface area contributed by atoms with Crippen LogP contribution in [0.15, 0.2) is 152 Å². The van der Waals surface area contributed by atoms with Crippen LogP contribution in [-0.2, 0) is 0 Å². The van der Waals surface area contributed by atoms with Gasteiger partial charge in [-0.25, -0.2) is 15.0 Å². The van der Waals surface area contributed by atoms with E-state index in [1.54, 1.807) is 0 Å². The lowest BCUT2D eigenvalue weighted by Crippen LogP contribution is -2.01. The maximum absolute atomic E-state index is 6.35. The van der Waals surface area contributed by atoms with Gasteiger partial charge >= 0.3 is 0 Å². The van der Waals surface area contributed by atoms with E-state index in [0.717, 1.165) is 55.5 Å². The highest BCUT2D eigenvalue weighted by atomic mass is 16.5. The Labute approximate surface area is 260 Å². The van der Waals surface area contributed by atoms with Crippen LogP contribution in [-0.4, -0.2) is 15.0 Å². The second kappa shape index (κ2) is 10.2. The molecule has 0 unspecified atom stereocenters. The molecule has 0 atom stereocenters. The summed E-state index contributed by atoms with van der Waals surface area (Å²) < 4.78 is 6.35. The number of hydrogen-bond donors (Lipinski definition) is 0. The average molecular weight is 576 g/mol. The summed E-state index contributed by atoms with van der Waals surface area (Å²) in [4.78, 5) is 15.0. The number of nitrogens with zero attached hydrogens (tertiary/aromatic N) is 3. The van der Waals surface area contributed by atoms with Gasteiger partial charge in [0.05, 0.1) is 0 Å². The van der Waals surface area contributed by atoms with E-state index >= 15 is 0 Å². The minimum atomic E-state index is 0.618. The number of hydrogen-bond acceptors (Lipinski definition) is 4. The van der Waals surface area contributed by atoms with Gasteiger partial charge in [-0.15, -0.1) is 0 Å². The summed E-state index contributed by atoms with van der Waals surface area (Å²) >= 11 is 0. The molecule has 7 aromatic carbocycles. The van der Waals surface area contributed by atoms with Crippen molar-refractivity contribution in [2.75, 3.05) is 0 Å². The van der Waals surface area contributed by atoms with E-state index in [-0.39, 0.29) is 0 Å². The summed E-state index contributed by atoms with van der Waals surface area (Å²) in [5, 5.41) is 4.58. The molecule has 8 aromatic rings. The third-order valence-electron chi connectivity index (χ3n) is 8.49. The van der Waals surface area contributed by atoms with Crippen LogP contribution in [0.25, 0.3) is 78.0 Å². The number of rotatable bonds is 4. The van der Waals surface area contributed by atoms with Crippen molar-refractivity contribution in [2.24, 2.45) is 0 Å². The molecule has 0 N–H and O–H groups in total. The molecule has 1 aliphatic rings. The van der Waals surface area contributed by atoms with Crippen LogP contribution in [0, 0.1) is 0 Å². The van der Waals surface area contributed by atoms with Crippen LogP contribution in [0.4, 0.5) is 0 Å². The smallest absolute Gasteiger partial charge is 0.164 e. The first-order valence-electron chi connectivity index (χ1n) is 15.0. The van der Waals surface area contributed by atoms with Crippen molar-refractivity contribution >= 4 is 21.5 Å². The molecule has 0 amide bonds. The molecule has 1 aliphatic heterocycles. The van der Waals surface area contributed by atoms with Crippen LogP contribution in [0.5, 0.6) is 11.5 Å². The lowest BCUT2D eigenvalue weighted by Gasteiger charge is -2.21. The molecule has 1 aromatic heterocycles. The maximum atomic E-state index is 6.35. The highest BCUT2D eigenvalue weighted by Gasteiger charge is 2.21. The van der Waals surface area contributed by atoms with E-state index in [0.29, 0.717) is 17.5 Å². The lowest BCUT2D eigenvalue weighted by molar-refractivity contribution is 0.487. The van der Waals surface area contributed by atoms with Crippen molar-refractivity contribution in [3.8, 4) is 67.9 Å². The SMILES string of the molecule is c1ccc(-c2ccc3cc(-c4nc(-c5ccccc5)nc(-c5ccc6c(c5)-c5cccc7cccc(c57)O6)n4)ccc3c2)cc1. The first kappa shape index (κ1) is 25.4.